The number of nitrogens with one attached hydrogen (secondary N) is 1. The summed E-state index contributed by atoms with van der Waals surface area (Å²) in [7, 11) is -4.16. The predicted molar refractivity (Wildman–Crippen MR) is 106 cm³/mol. The molecular weight excluding hydrogens is 419 g/mol. The number of alkyl halides is 3. The molecule has 2 aromatic carbocycles. The molecular formula is C20H20F3N3O3S. The van der Waals surface area contributed by atoms with Gasteiger partial charge in [-0.1, -0.05) is 48.0 Å². The molecule has 30 heavy (non-hydrogen) atoms. The number of aliphatic hydroxyl groups excluding tert-OH is 1. The van der Waals surface area contributed by atoms with Crippen molar-refractivity contribution in [2.75, 3.05) is 11.3 Å². The second kappa shape index (κ2) is 8.49. The zero-order valence-corrected chi connectivity index (χ0v) is 16.8. The fourth-order valence-electron chi connectivity index (χ4n) is 2.98. The maximum Gasteiger partial charge on any atom is 0.433 e. The summed E-state index contributed by atoms with van der Waals surface area (Å²) >= 11 is 0. The Bertz CT molecular complexity index is 1110. The van der Waals surface area contributed by atoms with Gasteiger partial charge in [0.25, 0.3) is 10.0 Å². The maximum atomic E-state index is 14.0. The first-order chi connectivity index (χ1) is 14.1. The van der Waals surface area contributed by atoms with Crippen molar-refractivity contribution in [2.45, 2.75) is 31.0 Å². The first-order valence-corrected chi connectivity index (χ1v) is 10.6. The van der Waals surface area contributed by atoms with Crippen LogP contribution in [0.4, 0.5) is 19.0 Å². The molecule has 0 amide bonds. The van der Waals surface area contributed by atoms with Gasteiger partial charge in [-0.3, -0.25) is 9.40 Å². The molecule has 2 N–H and O–H groups in total. The Balaban J connectivity index is 2.20. The minimum atomic E-state index is -4.79. The molecule has 10 heteroatoms. The Hall–Kier alpha value is -2.85. The SMILES string of the molecule is Cc1ccc(-c2c(NS(=O)(=O)c3ccccc3)nn(CCCO)c2C(F)(F)F)cc1. The lowest BCUT2D eigenvalue weighted by atomic mass is 10.0. The highest BCUT2D eigenvalue weighted by Crippen LogP contribution is 2.42. The summed E-state index contributed by atoms with van der Waals surface area (Å²) in [4.78, 5) is -0.0988. The van der Waals surface area contributed by atoms with Gasteiger partial charge in [0.15, 0.2) is 11.5 Å². The van der Waals surface area contributed by atoms with E-state index >= 15 is 0 Å². The molecule has 3 aromatic rings. The molecule has 0 saturated carbocycles. The number of aromatic nitrogens is 2. The minimum Gasteiger partial charge on any atom is -0.396 e. The van der Waals surface area contributed by atoms with Crippen LogP contribution in [0.2, 0.25) is 0 Å². The summed E-state index contributed by atoms with van der Waals surface area (Å²) in [5.74, 6) is -0.423. The van der Waals surface area contributed by atoms with E-state index in [0.717, 1.165) is 5.56 Å². The van der Waals surface area contributed by atoms with Gasteiger partial charge in [0.2, 0.25) is 0 Å². The summed E-state index contributed by atoms with van der Waals surface area (Å²) in [5.41, 5.74) is -0.425. The van der Waals surface area contributed by atoms with Gasteiger partial charge in [-0.05, 0) is 31.0 Å². The van der Waals surface area contributed by atoms with Crippen molar-refractivity contribution in [3.63, 3.8) is 0 Å². The Kier molecular flexibility index (Phi) is 6.18. The number of sulfonamides is 1. The van der Waals surface area contributed by atoms with Gasteiger partial charge in [-0.2, -0.15) is 18.3 Å². The van der Waals surface area contributed by atoms with Crippen LogP contribution in [0.25, 0.3) is 11.1 Å². The number of halogens is 3. The number of hydrogen-bond donors (Lipinski definition) is 2. The average molecular weight is 439 g/mol. The Morgan fingerprint density at radius 1 is 1.07 bits per heavy atom. The number of aliphatic hydroxyl groups is 1. The molecule has 0 aliphatic heterocycles. The quantitative estimate of drug-likeness (QED) is 0.582. The molecule has 6 nitrogen and oxygen atoms in total. The Labute approximate surface area is 172 Å². The van der Waals surface area contributed by atoms with Crippen molar-refractivity contribution < 1.29 is 26.7 Å². The summed E-state index contributed by atoms with van der Waals surface area (Å²) < 4.78 is 70.3. The molecule has 0 saturated heterocycles. The van der Waals surface area contributed by atoms with Crippen LogP contribution in [0, 0.1) is 6.92 Å². The summed E-state index contributed by atoms with van der Waals surface area (Å²) in [6, 6.07) is 13.6. The minimum absolute atomic E-state index is 0.0307. The monoisotopic (exact) mass is 439 g/mol. The van der Waals surface area contributed by atoms with Gasteiger partial charge in [0.05, 0.1) is 10.5 Å². The number of anilines is 1. The van der Waals surface area contributed by atoms with Crippen LogP contribution in [0.1, 0.15) is 17.7 Å². The van der Waals surface area contributed by atoms with Crippen LogP contribution >= 0.6 is 0 Å². The molecule has 1 heterocycles. The van der Waals surface area contributed by atoms with E-state index < -0.39 is 27.7 Å². The van der Waals surface area contributed by atoms with Crippen LogP contribution in [-0.4, -0.2) is 29.9 Å². The number of rotatable bonds is 7. The van der Waals surface area contributed by atoms with E-state index in [-0.39, 0.29) is 35.6 Å². The van der Waals surface area contributed by atoms with Crippen molar-refractivity contribution in [3.05, 3.63) is 65.9 Å². The van der Waals surface area contributed by atoms with E-state index in [1.807, 2.05) is 0 Å². The van der Waals surface area contributed by atoms with Crippen LogP contribution in [0.3, 0.4) is 0 Å². The van der Waals surface area contributed by atoms with Gasteiger partial charge >= 0.3 is 6.18 Å². The van der Waals surface area contributed by atoms with Crippen molar-refractivity contribution in [2.24, 2.45) is 0 Å². The summed E-state index contributed by atoms with van der Waals surface area (Å²) in [6.07, 6.45) is -4.76. The highest BCUT2D eigenvalue weighted by Gasteiger charge is 2.41. The van der Waals surface area contributed by atoms with Crippen LogP contribution < -0.4 is 4.72 Å². The second-order valence-electron chi connectivity index (χ2n) is 6.65. The lowest BCUT2D eigenvalue weighted by Gasteiger charge is -2.13. The van der Waals surface area contributed by atoms with Crippen molar-refractivity contribution in [1.29, 1.82) is 0 Å². The highest BCUT2D eigenvalue weighted by atomic mass is 32.2. The molecule has 0 fully saturated rings. The summed E-state index contributed by atoms with van der Waals surface area (Å²) in [5, 5.41) is 13.0. The zero-order valence-electron chi connectivity index (χ0n) is 16.0. The second-order valence-corrected chi connectivity index (χ2v) is 8.34. The van der Waals surface area contributed by atoms with E-state index in [1.165, 1.54) is 36.4 Å². The third kappa shape index (κ3) is 4.65. The first-order valence-electron chi connectivity index (χ1n) is 9.07. The third-order valence-corrected chi connectivity index (χ3v) is 5.73. The molecule has 0 radical (unpaired) electrons. The zero-order chi connectivity index (χ0) is 21.9. The predicted octanol–water partition coefficient (Wildman–Crippen LogP) is 4.06. The molecule has 0 atom stereocenters. The Morgan fingerprint density at radius 2 is 1.70 bits per heavy atom. The molecule has 0 spiro atoms. The van der Waals surface area contributed by atoms with Crippen molar-refractivity contribution >= 4 is 15.8 Å². The number of aryl methyl sites for hydroxylation is 2. The third-order valence-electron chi connectivity index (χ3n) is 4.37. The van der Waals surface area contributed by atoms with Crippen molar-refractivity contribution in [3.8, 4) is 11.1 Å². The first kappa shape index (κ1) is 21.8. The lowest BCUT2D eigenvalue weighted by Crippen LogP contribution is -2.16. The van der Waals surface area contributed by atoms with E-state index in [2.05, 4.69) is 9.82 Å². The number of nitrogens with zero attached hydrogens (tertiary/aromatic N) is 2. The molecule has 0 unspecified atom stereocenters. The largest absolute Gasteiger partial charge is 0.433 e. The number of hydrogen-bond acceptors (Lipinski definition) is 4. The lowest BCUT2D eigenvalue weighted by molar-refractivity contribution is -0.143. The molecule has 0 bridgehead atoms. The molecule has 1 aromatic heterocycles. The van der Waals surface area contributed by atoms with Gasteiger partial charge < -0.3 is 5.11 Å². The van der Waals surface area contributed by atoms with Gasteiger partial charge in [0, 0.05) is 13.2 Å². The van der Waals surface area contributed by atoms with Gasteiger partial charge in [-0.25, -0.2) is 8.42 Å². The maximum absolute atomic E-state index is 14.0. The fourth-order valence-corrected chi connectivity index (χ4v) is 4.01. The van der Waals surface area contributed by atoms with E-state index in [9.17, 15) is 21.6 Å². The van der Waals surface area contributed by atoms with E-state index in [0.29, 0.717) is 4.68 Å². The van der Waals surface area contributed by atoms with Crippen LogP contribution in [0.15, 0.2) is 59.5 Å². The average Bonchev–Trinajstić information content (AvgIpc) is 3.05. The van der Waals surface area contributed by atoms with Gasteiger partial charge in [0.1, 0.15) is 0 Å². The normalized spacial score (nSPS) is 12.2. The fraction of sp³-hybridized carbons (Fsp3) is 0.250. The smallest absolute Gasteiger partial charge is 0.396 e. The standard InChI is InChI=1S/C20H20F3N3O3S/c1-14-8-10-15(11-9-14)17-18(20(21,22)23)26(12-5-13-27)24-19(17)25-30(28,29)16-6-3-2-4-7-16/h2-4,6-11,27H,5,12-13H2,1H3,(H,24,25). The van der Waals surface area contributed by atoms with Crippen LogP contribution in [-0.2, 0) is 22.7 Å². The van der Waals surface area contributed by atoms with Crippen molar-refractivity contribution in [1.82, 2.24) is 9.78 Å². The molecule has 3 rings (SSSR count). The molecule has 0 aliphatic rings. The highest BCUT2D eigenvalue weighted by molar-refractivity contribution is 7.92. The molecule has 0 aliphatic carbocycles. The number of benzene rings is 2. The topological polar surface area (TPSA) is 84.2 Å². The van der Waals surface area contributed by atoms with Crippen LogP contribution in [0.5, 0.6) is 0 Å². The van der Waals surface area contributed by atoms with E-state index in [1.54, 1.807) is 25.1 Å². The van der Waals surface area contributed by atoms with E-state index in [4.69, 9.17) is 5.11 Å². The molecule has 160 valence electrons. The van der Waals surface area contributed by atoms with Gasteiger partial charge in [-0.15, -0.1) is 0 Å². The summed E-state index contributed by atoms with van der Waals surface area (Å²) in [6.45, 7) is 1.23. The Morgan fingerprint density at radius 3 is 2.27 bits per heavy atom.